The molecule has 2 aromatic rings. The highest BCUT2D eigenvalue weighted by Crippen LogP contribution is 2.12. The Morgan fingerprint density at radius 2 is 2.04 bits per heavy atom. The number of hydrogen-bond acceptors (Lipinski definition) is 6. The predicted octanol–water partition coefficient (Wildman–Crippen LogP) is 0.970. The fourth-order valence-electron chi connectivity index (χ4n) is 2.55. The Balaban J connectivity index is 1.50. The molecule has 0 saturated carbocycles. The van der Waals surface area contributed by atoms with Gasteiger partial charge < -0.3 is 19.7 Å². The molecule has 2 N–H and O–H groups in total. The van der Waals surface area contributed by atoms with Crippen LogP contribution in [0.3, 0.4) is 0 Å². The predicted molar refractivity (Wildman–Crippen MR) is 86.3 cm³/mol. The summed E-state index contributed by atoms with van der Waals surface area (Å²) in [5.74, 6) is 0.285. The number of carbonyl (C=O) groups excluding carboxylic acids is 1. The zero-order valence-corrected chi connectivity index (χ0v) is 13.4. The average Bonchev–Trinajstić information content (AvgIpc) is 3.09. The first-order valence-electron chi connectivity index (χ1n) is 7.99. The van der Waals surface area contributed by atoms with E-state index in [1.165, 1.54) is 0 Å². The quantitative estimate of drug-likeness (QED) is 0.820. The molecule has 1 aromatic carbocycles. The monoisotopic (exact) mass is 331 g/mol. The first-order valence-corrected chi connectivity index (χ1v) is 7.99. The van der Waals surface area contributed by atoms with Gasteiger partial charge in [0.1, 0.15) is 0 Å². The lowest BCUT2D eigenvalue weighted by molar-refractivity contribution is 0.0305. The van der Waals surface area contributed by atoms with Crippen LogP contribution >= 0.6 is 0 Å². The summed E-state index contributed by atoms with van der Waals surface area (Å²) in [5.41, 5.74) is 0.976. The molecule has 1 fully saturated rings. The van der Waals surface area contributed by atoms with Gasteiger partial charge >= 0.3 is 0 Å². The highest BCUT2D eigenvalue weighted by atomic mass is 16.5. The lowest BCUT2D eigenvalue weighted by Crippen LogP contribution is -2.35. The van der Waals surface area contributed by atoms with Crippen molar-refractivity contribution in [3.8, 4) is 0 Å². The maximum absolute atomic E-state index is 12.1. The third kappa shape index (κ3) is 4.41. The molecule has 0 spiro atoms. The second-order valence-corrected chi connectivity index (χ2v) is 5.70. The molecule has 1 saturated heterocycles. The van der Waals surface area contributed by atoms with E-state index in [2.05, 4.69) is 15.4 Å². The van der Waals surface area contributed by atoms with Crippen LogP contribution in [0.5, 0.6) is 0 Å². The van der Waals surface area contributed by atoms with Crippen LogP contribution in [0.1, 0.15) is 27.9 Å². The minimum Gasteiger partial charge on any atom is -0.387 e. The molecule has 128 valence electrons. The van der Waals surface area contributed by atoms with Gasteiger partial charge in [-0.25, -0.2) is 0 Å². The van der Waals surface area contributed by atoms with Gasteiger partial charge in [-0.3, -0.25) is 9.69 Å². The van der Waals surface area contributed by atoms with Gasteiger partial charge in [-0.15, -0.1) is 0 Å². The van der Waals surface area contributed by atoms with E-state index >= 15 is 0 Å². The SMILES string of the molecule is O=C(NC[C@H](O)c1ccccc1)c1cc(CN2CCOCC2)on1. The van der Waals surface area contributed by atoms with Crippen molar-refractivity contribution in [2.75, 3.05) is 32.8 Å². The van der Waals surface area contributed by atoms with Crippen molar-refractivity contribution < 1.29 is 19.2 Å². The number of amides is 1. The van der Waals surface area contributed by atoms with Crippen LogP contribution in [0.15, 0.2) is 40.9 Å². The van der Waals surface area contributed by atoms with E-state index in [0.29, 0.717) is 25.5 Å². The smallest absolute Gasteiger partial charge is 0.273 e. The van der Waals surface area contributed by atoms with Crippen molar-refractivity contribution in [3.63, 3.8) is 0 Å². The first kappa shape index (κ1) is 16.6. The molecule has 1 amide bonds. The number of rotatable bonds is 6. The van der Waals surface area contributed by atoms with Crippen molar-refractivity contribution >= 4 is 5.91 Å². The van der Waals surface area contributed by atoms with Crippen molar-refractivity contribution in [2.24, 2.45) is 0 Å². The molecule has 0 aliphatic carbocycles. The number of nitrogens with one attached hydrogen (secondary N) is 1. The molecule has 1 aliphatic rings. The topological polar surface area (TPSA) is 87.8 Å². The van der Waals surface area contributed by atoms with Gasteiger partial charge in [0, 0.05) is 25.7 Å². The summed E-state index contributed by atoms with van der Waals surface area (Å²) in [6, 6.07) is 10.8. The molecule has 0 radical (unpaired) electrons. The fraction of sp³-hybridized carbons (Fsp3) is 0.412. The van der Waals surface area contributed by atoms with Crippen molar-refractivity contribution in [2.45, 2.75) is 12.6 Å². The molecule has 1 aliphatic heterocycles. The average molecular weight is 331 g/mol. The third-order valence-electron chi connectivity index (χ3n) is 3.92. The maximum atomic E-state index is 12.1. The summed E-state index contributed by atoms with van der Waals surface area (Å²) in [5, 5.41) is 16.5. The number of ether oxygens (including phenoxy) is 1. The Kier molecular flexibility index (Phi) is 5.58. The van der Waals surface area contributed by atoms with Crippen LogP contribution in [-0.4, -0.2) is 53.9 Å². The Hall–Kier alpha value is -2.22. The summed E-state index contributed by atoms with van der Waals surface area (Å²) in [6.07, 6.45) is -0.755. The number of benzene rings is 1. The van der Waals surface area contributed by atoms with Crippen LogP contribution < -0.4 is 5.32 Å². The standard InChI is InChI=1S/C17H21N3O4/c21-16(13-4-2-1-3-5-13)11-18-17(22)15-10-14(24-19-15)12-20-6-8-23-9-7-20/h1-5,10,16,21H,6-9,11-12H2,(H,18,22)/t16-/m0/s1. The van der Waals surface area contributed by atoms with Crippen LogP contribution in [0.25, 0.3) is 0 Å². The number of morpholine rings is 1. The molecule has 3 rings (SSSR count). The molecular formula is C17H21N3O4. The van der Waals surface area contributed by atoms with E-state index in [-0.39, 0.29) is 18.1 Å². The molecule has 1 atom stereocenters. The Morgan fingerprint density at radius 1 is 1.29 bits per heavy atom. The van der Waals surface area contributed by atoms with Crippen LogP contribution in [-0.2, 0) is 11.3 Å². The van der Waals surface area contributed by atoms with Crippen molar-refractivity contribution in [1.82, 2.24) is 15.4 Å². The molecule has 24 heavy (non-hydrogen) atoms. The molecule has 0 bridgehead atoms. The highest BCUT2D eigenvalue weighted by Gasteiger charge is 2.17. The van der Waals surface area contributed by atoms with E-state index in [0.717, 1.165) is 18.7 Å². The largest absolute Gasteiger partial charge is 0.387 e. The summed E-state index contributed by atoms with van der Waals surface area (Å²) >= 11 is 0. The summed E-state index contributed by atoms with van der Waals surface area (Å²) in [7, 11) is 0. The van der Waals surface area contributed by atoms with Crippen molar-refractivity contribution in [3.05, 3.63) is 53.4 Å². The zero-order valence-electron chi connectivity index (χ0n) is 13.4. The molecule has 1 aromatic heterocycles. The highest BCUT2D eigenvalue weighted by molar-refractivity contribution is 5.92. The lowest BCUT2D eigenvalue weighted by Gasteiger charge is -2.25. The molecule has 2 heterocycles. The molecule has 7 heteroatoms. The van der Waals surface area contributed by atoms with Gasteiger partial charge in [0.2, 0.25) is 0 Å². The first-order chi connectivity index (χ1) is 11.7. The van der Waals surface area contributed by atoms with Gasteiger partial charge in [-0.2, -0.15) is 0 Å². The minimum atomic E-state index is -0.755. The second-order valence-electron chi connectivity index (χ2n) is 5.70. The normalized spacial score (nSPS) is 16.7. The van der Waals surface area contributed by atoms with Crippen LogP contribution in [0.2, 0.25) is 0 Å². The van der Waals surface area contributed by atoms with E-state index in [1.807, 2.05) is 30.3 Å². The van der Waals surface area contributed by atoms with E-state index < -0.39 is 6.10 Å². The van der Waals surface area contributed by atoms with E-state index in [4.69, 9.17) is 9.26 Å². The summed E-state index contributed by atoms with van der Waals surface area (Å²) < 4.78 is 10.5. The number of nitrogens with zero attached hydrogens (tertiary/aromatic N) is 2. The Labute approximate surface area is 140 Å². The second kappa shape index (κ2) is 8.05. The Morgan fingerprint density at radius 3 is 2.79 bits per heavy atom. The molecule has 0 unspecified atom stereocenters. The summed E-state index contributed by atoms with van der Waals surface area (Å²) in [4.78, 5) is 14.3. The third-order valence-corrected chi connectivity index (χ3v) is 3.92. The number of aliphatic hydroxyl groups excluding tert-OH is 1. The van der Waals surface area contributed by atoms with Crippen LogP contribution in [0.4, 0.5) is 0 Å². The van der Waals surface area contributed by atoms with Gasteiger partial charge in [0.25, 0.3) is 5.91 Å². The van der Waals surface area contributed by atoms with Gasteiger partial charge in [0.05, 0.1) is 25.9 Å². The van der Waals surface area contributed by atoms with E-state index in [1.54, 1.807) is 6.07 Å². The number of aromatic nitrogens is 1. The lowest BCUT2D eigenvalue weighted by atomic mass is 10.1. The molecular weight excluding hydrogens is 310 g/mol. The Bertz CT molecular complexity index is 653. The minimum absolute atomic E-state index is 0.120. The zero-order chi connectivity index (χ0) is 16.8. The van der Waals surface area contributed by atoms with Gasteiger partial charge in [-0.1, -0.05) is 35.5 Å². The summed E-state index contributed by atoms with van der Waals surface area (Å²) in [6.45, 7) is 3.82. The fourth-order valence-corrected chi connectivity index (χ4v) is 2.55. The van der Waals surface area contributed by atoms with Crippen molar-refractivity contribution in [1.29, 1.82) is 0 Å². The number of aliphatic hydroxyl groups is 1. The van der Waals surface area contributed by atoms with E-state index in [9.17, 15) is 9.90 Å². The number of hydrogen-bond donors (Lipinski definition) is 2. The van der Waals surface area contributed by atoms with Gasteiger partial charge in [0.15, 0.2) is 11.5 Å². The number of carbonyl (C=O) groups is 1. The van der Waals surface area contributed by atoms with Gasteiger partial charge in [-0.05, 0) is 5.56 Å². The van der Waals surface area contributed by atoms with Crippen LogP contribution in [0, 0.1) is 0 Å². The maximum Gasteiger partial charge on any atom is 0.273 e. The molecule has 7 nitrogen and oxygen atoms in total.